The van der Waals surface area contributed by atoms with Gasteiger partial charge in [0.2, 0.25) is 0 Å². The zero-order valence-corrected chi connectivity index (χ0v) is 13.5. The Balaban J connectivity index is 1.77. The first-order chi connectivity index (χ1) is 12.7. The van der Waals surface area contributed by atoms with Crippen molar-refractivity contribution in [3.63, 3.8) is 0 Å². The average molecular weight is 366 g/mol. The standard InChI is InChI=1S/C14H16F2N8O2/c15-9(16)4-17-13-11-14(21-12(20-13)8-3-19-23-22-8)24(6-18-11)10-2-1-7(5-25)26-10/h3,6-7,9-10,25H,1-2,4-5H2,(H,17,20,21)(H,19,22,23). The van der Waals surface area contributed by atoms with E-state index in [1.807, 2.05) is 0 Å². The molecule has 1 fully saturated rings. The molecule has 3 N–H and O–H groups in total. The van der Waals surface area contributed by atoms with Crippen LogP contribution in [0.2, 0.25) is 0 Å². The molecule has 0 radical (unpaired) electrons. The second-order valence-electron chi connectivity index (χ2n) is 5.82. The summed E-state index contributed by atoms with van der Waals surface area (Å²) < 4.78 is 32.7. The monoisotopic (exact) mass is 366 g/mol. The molecule has 2 unspecified atom stereocenters. The Morgan fingerprint density at radius 1 is 1.38 bits per heavy atom. The van der Waals surface area contributed by atoms with Gasteiger partial charge in [0, 0.05) is 0 Å². The van der Waals surface area contributed by atoms with E-state index in [0.29, 0.717) is 29.7 Å². The number of aliphatic hydroxyl groups is 1. The molecule has 12 heteroatoms. The molecule has 3 aromatic rings. The highest BCUT2D eigenvalue weighted by Gasteiger charge is 2.28. The van der Waals surface area contributed by atoms with Crippen LogP contribution in [0.5, 0.6) is 0 Å². The molecule has 138 valence electrons. The van der Waals surface area contributed by atoms with E-state index in [9.17, 15) is 13.9 Å². The third kappa shape index (κ3) is 3.08. The minimum atomic E-state index is -2.54. The van der Waals surface area contributed by atoms with Gasteiger partial charge in [0.15, 0.2) is 22.8 Å². The first kappa shape index (κ1) is 16.7. The Labute approximate surface area is 145 Å². The topological polar surface area (TPSA) is 127 Å². The lowest BCUT2D eigenvalue weighted by Crippen LogP contribution is -2.15. The highest BCUT2D eigenvalue weighted by Crippen LogP contribution is 2.32. The molecular formula is C14H16F2N8O2. The number of aromatic amines is 1. The molecule has 4 rings (SSSR count). The lowest BCUT2D eigenvalue weighted by Gasteiger charge is -2.14. The maximum absolute atomic E-state index is 12.6. The van der Waals surface area contributed by atoms with Crippen molar-refractivity contribution in [3.8, 4) is 11.5 Å². The zero-order chi connectivity index (χ0) is 18.1. The fourth-order valence-corrected chi connectivity index (χ4v) is 2.88. The van der Waals surface area contributed by atoms with Crippen molar-refractivity contribution in [3.05, 3.63) is 12.5 Å². The number of halogens is 2. The molecule has 0 bridgehead atoms. The van der Waals surface area contributed by atoms with Crippen molar-refractivity contribution in [2.45, 2.75) is 31.6 Å². The van der Waals surface area contributed by atoms with Crippen LogP contribution in [0.15, 0.2) is 12.5 Å². The molecule has 4 heterocycles. The van der Waals surface area contributed by atoms with Crippen molar-refractivity contribution in [1.29, 1.82) is 0 Å². The number of ether oxygens (including phenoxy) is 1. The van der Waals surface area contributed by atoms with Gasteiger partial charge in [-0.15, -0.1) is 5.10 Å². The number of anilines is 1. The molecule has 1 aliphatic heterocycles. The van der Waals surface area contributed by atoms with Gasteiger partial charge in [-0.3, -0.25) is 9.67 Å². The first-order valence-corrected chi connectivity index (χ1v) is 8.05. The number of hydrogen-bond acceptors (Lipinski definition) is 8. The number of aliphatic hydroxyl groups excluding tert-OH is 1. The van der Waals surface area contributed by atoms with Crippen LogP contribution < -0.4 is 5.32 Å². The summed E-state index contributed by atoms with van der Waals surface area (Å²) in [6.45, 7) is -0.632. The Morgan fingerprint density at radius 2 is 2.27 bits per heavy atom. The van der Waals surface area contributed by atoms with Crippen LogP contribution in [-0.2, 0) is 4.74 Å². The van der Waals surface area contributed by atoms with E-state index in [-0.39, 0.29) is 30.6 Å². The van der Waals surface area contributed by atoms with Gasteiger partial charge < -0.3 is 15.2 Å². The summed E-state index contributed by atoms with van der Waals surface area (Å²) in [4.78, 5) is 13.0. The summed E-state index contributed by atoms with van der Waals surface area (Å²) in [5, 5.41) is 21.9. The third-order valence-corrected chi connectivity index (χ3v) is 4.09. The largest absolute Gasteiger partial charge is 0.394 e. The quantitative estimate of drug-likeness (QED) is 0.589. The van der Waals surface area contributed by atoms with Crippen LogP contribution in [0.25, 0.3) is 22.7 Å². The molecule has 1 saturated heterocycles. The normalized spacial score (nSPS) is 20.3. The molecule has 0 spiro atoms. The van der Waals surface area contributed by atoms with Crippen LogP contribution >= 0.6 is 0 Å². The second-order valence-corrected chi connectivity index (χ2v) is 5.82. The number of nitrogens with zero attached hydrogens (tertiary/aromatic N) is 6. The summed E-state index contributed by atoms with van der Waals surface area (Å²) in [7, 11) is 0. The fourth-order valence-electron chi connectivity index (χ4n) is 2.88. The Hall–Kier alpha value is -2.73. The predicted molar refractivity (Wildman–Crippen MR) is 85.4 cm³/mol. The van der Waals surface area contributed by atoms with Gasteiger partial charge in [-0.1, -0.05) is 5.21 Å². The molecule has 3 aromatic heterocycles. The number of H-pyrrole nitrogens is 1. The first-order valence-electron chi connectivity index (χ1n) is 8.05. The van der Waals surface area contributed by atoms with Gasteiger partial charge in [-0.2, -0.15) is 0 Å². The predicted octanol–water partition coefficient (Wildman–Crippen LogP) is 0.958. The molecule has 1 aliphatic rings. The summed E-state index contributed by atoms with van der Waals surface area (Å²) in [6, 6.07) is 0. The van der Waals surface area contributed by atoms with Crippen molar-refractivity contribution in [1.82, 2.24) is 34.9 Å². The van der Waals surface area contributed by atoms with E-state index in [4.69, 9.17) is 4.74 Å². The molecule has 10 nitrogen and oxygen atoms in total. The Morgan fingerprint density at radius 3 is 2.96 bits per heavy atom. The Bertz CT molecular complexity index is 885. The molecule has 0 aromatic carbocycles. The maximum atomic E-state index is 12.6. The number of imidazole rings is 1. The molecule has 26 heavy (non-hydrogen) atoms. The van der Waals surface area contributed by atoms with Crippen LogP contribution in [0.4, 0.5) is 14.6 Å². The summed E-state index contributed by atoms with van der Waals surface area (Å²) >= 11 is 0. The number of fused-ring (bicyclic) bond motifs is 1. The number of nitrogens with one attached hydrogen (secondary N) is 2. The molecule has 0 amide bonds. The van der Waals surface area contributed by atoms with E-state index >= 15 is 0 Å². The average Bonchev–Trinajstić information content (AvgIpc) is 3.38. The maximum Gasteiger partial charge on any atom is 0.255 e. The number of alkyl halides is 2. The van der Waals surface area contributed by atoms with Crippen molar-refractivity contribution in [2.24, 2.45) is 0 Å². The van der Waals surface area contributed by atoms with E-state index in [0.717, 1.165) is 0 Å². The van der Waals surface area contributed by atoms with Crippen molar-refractivity contribution < 1.29 is 18.6 Å². The number of aromatic nitrogens is 7. The molecule has 0 aliphatic carbocycles. The van der Waals surface area contributed by atoms with E-state index in [1.54, 1.807) is 4.57 Å². The molecule has 2 atom stereocenters. The van der Waals surface area contributed by atoms with Crippen LogP contribution in [0, 0.1) is 0 Å². The van der Waals surface area contributed by atoms with Crippen LogP contribution in [-0.4, -0.2) is 65.7 Å². The van der Waals surface area contributed by atoms with Gasteiger partial charge in [0.25, 0.3) is 6.43 Å². The van der Waals surface area contributed by atoms with Crippen molar-refractivity contribution in [2.75, 3.05) is 18.5 Å². The fraction of sp³-hybridized carbons (Fsp3) is 0.500. The molecular weight excluding hydrogens is 350 g/mol. The van der Waals surface area contributed by atoms with Gasteiger partial charge in [0.1, 0.15) is 11.9 Å². The van der Waals surface area contributed by atoms with Gasteiger partial charge in [-0.05, 0) is 12.8 Å². The zero-order valence-electron chi connectivity index (χ0n) is 13.5. The van der Waals surface area contributed by atoms with Gasteiger partial charge >= 0.3 is 0 Å². The number of hydrogen-bond donors (Lipinski definition) is 3. The van der Waals surface area contributed by atoms with Crippen molar-refractivity contribution >= 4 is 17.0 Å². The highest BCUT2D eigenvalue weighted by atomic mass is 19.3. The Kier molecular flexibility index (Phi) is 4.42. The SMILES string of the molecule is OCC1CCC(n2cnc3c(NCC(F)F)nc(-c4c[nH]nn4)nc32)O1. The lowest BCUT2D eigenvalue weighted by molar-refractivity contribution is -0.0207. The minimum Gasteiger partial charge on any atom is -0.394 e. The lowest BCUT2D eigenvalue weighted by atomic mass is 10.2. The third-order valence-electron chi connectivity index (χ3n) is 4.09. The van der Waals surface area contributed by atoms with E-state index in [1.165, 1.54) is 12.5 Å². The van der Waals surface area contributed by atoms with Crippen LogP contribution in [0.3, 0.4) is 0 Å². The highest BCUT2D eigenvalue weighted by molar-refractivity contribution is 5.84. The summed E-state index contributed by atoms with van der Waals surface area (Å²) in [5.41, 5.74) is 1.16. The van der Waals surface area contributed by atoms with E-state index in [2.05, 4.69) is 35.7 Å². The van der Waals surface area contributed by atoms with E-state index < -0.39 is 13.0 Å². The summed E-state index contributed by atoms with van der Waals surface area (Å²) in [6.07, 6.45) is 1.29. The number of rotatable bonds is 6. The van der Waals surface area contributed by atoms with Gasteiger partial charge in [-0.25, -0.2) is 23.7 Å². The molecule has 0 saturated carbocycles. The van der Waals surface area contributed by atoms with Crippen LogP contribution in [0.1, 0.15) is 19.1 Å². The smallest absolute Gasteiger partial charge is 0.255 e. The second kappa shape index (κ2) is 6.88. The summed E-state index contributed by atoms with van der Waals surface area (Å²) in [5.74, 6) is 0.408. The van der Waals surface area contributed by atoms with Gasteiger partial charge in [0.05, 0.1) is 31.8 Å². The minimum absolute atomic E-state index is 0.0660.